The van der Waals surface area contributed by atoms with E-state index in [-0.39, 0.29) is 12.3 Å². The molecule has 0 fully saturated rings. The molecule has 14 heavy (non-hydrogen) atoms. The van der Waals surface area contributed by atoms with Crippen LogP contribution in [0.4, 0.5) is 0 Å². The van der Waals surface area contributed by atoms with Crippen molar-refractivity contribution in [3.8, 4) is 5.75 Å². The van der Waals surface area contributed by atoms with Crippen molar-refractivity contribution in [2.24, 2.45) is 0 Å². The predicted molar refractivity (Wildman–Crippen MR) is 49.7 cm³/mol. The fraction of sp³-hybridized carbons (Fsp3) is 0.400. The van der Waals surface area contributed by atoms with Crippen molar-refractivity contribution in [2.75, 3.05) is 0 Å². The van der Waals surface area contributed by atoms with Crippen molar-refractivity contribution in [3.05, 3.63) is 24.0 Å². The number of aromatic nitrogens is 1. The van der Waals surface area contributed by atoms with E-state index in [1.165, 1.54) is 0 Å². The number of hydrogen-bond donors (Lipinski definition) is 0. The third kappa shape index (κ3) is 5.91. The SMILES string of the molecule is Cc1cc(OC(C)C)ccn1.O=C=O. The van der Waals surface area contributed by atoms with Crippen LogP contribution in [-0.4, -0.2) is 17.2 Å². The summed E-state index contributed by atoms with van der Waals surface area (Å²) in [5.74, 6) is 0.896. The molecular formula is C10H13NO3. The Hall–Kier alpha value is -1.67. The first-order chi connectivity index (χ1) is 6.60. The number of ether oxygens (including phenoxy) is 1. The summed E-state index contributed by atoms with van der Waals surface area (Å²) in [5.41, 5.74) is 0.989. The number of nitrogens with zero attached hydrogens (tertiary/aromatic N) is 1. The maximum absolute atomic E-state index is 8.12. The number of hydrogen-bond acceptors (Lipinski definition) is 4. The van der Waals surface area contributed by atoms with Gasteiger partial charge in [-0.1, -0.05) is 0 Å². The van der Waals surface area contributed by atoms with Gasteiger partial charge in [-0.2, -0.15) is 9.59 Å². The smallest absolute Gasteiger partial charge is 0.373 e. The maximum Gasteiger partial charge on any atom is 0.373 e. The van der Waals surface area contributed by atoms with Gasteiger partial charge in [0.15, 0.2) is 0 Å². The Morgan fingerprint density at radius 3 is 2.43 bits per heavy atom. The summed E-state index contributed by atoms with van der Waals surface area (Å²) in [4.78, 5) is 20.3. The molecule has 0 spiro atoms. The summed E-state index contributed by atoms with van der Waals surface area (Å²) in [7, 11) is 0. The lowest BCUT2D eigenvalue weighted by molar-refractivity contribution is -0.191. The predicted octanol–water partition coefficient (Wildman–Crippen LogP) is 1.59. The van der Waals surface area contributed by atoms with Crippen LogP contribution in [0.5, 0.6) is 5.75 Å². The highest BCUT2D eigenvalue weighted by atomic mass is 16.5. The van der Waals surface area contributed by atoms with Crippen LogP contribution in [0.15, 0.2) is 18.3 Å². The average Bonchev–Trinajstić information content (AvgIpc) is 2.03. The van der Waals surface area contributed by atoms with Gasteiger partial charge in [0.1, 0.15) is 5.75 Å². The van der Waals surface area contributed by atoms with Crippen LogP contribution in [0, 0.1) is 6.92 Å². The zero-order valence-corrected chi connectivity index (χ0v) is 8.48. The Labute approximate surface area is 82.9 Å². The van der Waals surface area contributed by atoms with E-state index in [2.05, 4.69) is 4.98 Å². The van der Waals surface area contributed by atoms with Crippen molar-refractivity contribution < 1.29 is 14.3 Å². The van der Waals surface area contributed by atoms with E-state index in [1.54, 1.807) is 6.20 Å². The van der Waals surface area contributed by atoms with Gasteiger partial charge >= 0.3 is 6.15 Å². The summed E-state index contributed by atoms with van der Waals surface area (Å²) in [6.45, 7) is 5.97. The first-order valence-electron chi connectivity index (χ1n) is 4.18. The van der Waals surface area contributed by atoms with Gasteiger partial charge in [0, 0.05) is 18.0 Å². The molecule has 0 aliphatic heterocycles. The van der Waals surface area contributed by atoms with Gasteiger partial charge in [-0.05, 0) is 26.8 Å². The highest BCUT2D eigenvalue weighted by molar-refractivity contribution is 5.21. The molecule has 1 rings (SSSR count). The topological polar surface area (TPSA) is 56.3 Å². The molecule has 1 heterocycles. The first-order valence-corrected chi connectivity index (χ1v) is 4.18. The highest BCUT2D eigenvalue weighted by Gasteiger charge is 1.96. The lowest BCUT2D eigenvalue weighted by atomic mass is 10.3. The summed E-state index contributed by atoms with van der Waals surface area (Å²) in [6, 6.07) is 3.80. The van der Waals surface area contributed by atoms with E-state index in [0.29, 0.717) is 0 Å². The quantitative estimate of drug-likeness (QED) is 0.719. The molecule has 0 aliphatic carbocycles. The highest BCUT2D eigenvalue weighted by Crippen LogP contribution is 2.11. The Kier molecular flexibility index (Phi) is 5.99. The lowest BCUT2D eigenvalue weighted by Gasteiger charge is -2.08. The van der Waals surface area contributed by atoms with E-state index < -0.39 is 0 Å². The minimum Gasteiger partial charge on any atom is -0.491 e. The molecule has 0 amide bonds. The molecule has 0 unspecified atom stereocenters. The summed E-state index contributed by atoms with van der Waals surface area (Å²) >= 11 is 0. The van der Waals surface area contributed by atoms with Crippen LogP contribution in [0.25, 0.3) is 0 Å². The minimum atomic E-state index is 0.233. The molecule has 76 valence electrons. The van der Waals surface area contributed by atoms with Crippen LogP contribution in [-0.2, 0) is 9.59 Å². The van der Waals surface area contributed by atoms with Crippen LogP contribution in [0.1, 0.15) is 19.5 Å². The molecule has 0 atom stereocenters. The molecule has 0 saturated carbocycles. The number of aryl methyl sites for hydroxylation is 1. The number of carbonyl (C=O) groups excluding carboxylic acids is 2. The van der Waals surface area contributed by atoms with Gasteiger partial charge in [-0.25, -0.2) is 0 Å². The Balaban J connectivity index is 0.000000500. The Morgan fingerprint density at radius 1 is 1.43 bits per heavy atom. The van der Waals surface area contributed by atoms with E-state index in [0.717, 1.165) is 11.4 Å². The van der Waals surface area contributed by atoms with Gasteiger partial charge in [0.25, 0.3) is 0 Å². The van der Waals surface area contributed by atoms with E-state index in [1.807, 2.05) is 32.9 Å². The van der Waals surface area contributed by atoms with Crippen molar-refractivity contribution in [2.45, 2.75) is 26.9 Å². The van der Waals surface area contributed by atoms with Gasteiger partial charge in [0.05, 0.1) is 6.10 Å². The third-order valence-electron chi connectivity index (χ3n) is 1.24. The standard InChI is InChI=1S/C9H13NO.CO2/c1-7(2)11-9-4-5-10-8(3)6-9;2-1-3/h4-7H,1-3H3;. The fourth-order valence-corrected chi connectivity index (χ4v) is 0.865. The molecule has 1 aromatic heterocycles. The van der Waals surface area contributed by atoms with Crippen LogP contribution in [0.2, 0.25) is 0 Å². The van der Waals surface area contributed by atoms with Crippen molar-refractivity contribution in [1.82, 2.24) is 4.98 Å². The second kappa shape index (κ2) is 6.80. The van der Waals surface area contributed by atoms with Crippen LogP contribution >= 0.6 is 0 Å². The molecule has 0 bridgehead atoms. The Morgan fingerprint density at radius 2 is 2.00 bits per heavy atom. The second-order valence-corrected chi connectivity index (χ2v) is 2.88. The zero-order chi connectivity index (χ0) is 11.0. The molecule has 0 saturated heterocycles. The molecule has 0 aliphatic rings. The fourth-order valence-electron chi connectivity index (χ4n) is 0.865. The largest absolute Gasteiger partial charge is 0.491 e. The number of pyridine rings is 1. The van der Waals surface area contributed by atoms with E-state index in [9.17, 15) is 0 Å². The first kappa shape index (κ1) is 12.3. The number of rotatable bonds is 2. The van der Waals surface area contributed by atoms with Crippen LogP contribution in [0.3, 0.4) is 0 Å². The van der Waals surface area contributed by atoms with E-state index in [4.69, 9.17) is 14.3 Å². The van der Waals surface area contributed by atoms with Crippen LogP contribution < -0.4 is 4.74 Å². The van der Waals surface area contributed by atoms with Gasteiger partial charge in [0.2, 0.25) is 0 Å². The zero-order valence-electron chi connectivity index (χ0n) is 8.48. The van der Waals surface area contributed by atoms with Gasteiger partial charge in [-0.15, -0.1) is 0 Å². The molecule has 1 aromatic rings. The van der Waals surface area contributed by atoms with Crippen molar-refractivity contribution >= 4 is 6.15 Å². The Bertz CT molecular complexity index is 304. The van der Waals surface area contributed by atoms with Gasteiger partial charge < -0.3 is 4.74 Å². The average molecular weight is 195 g/mol. The second-order valence-electron chi connectivity index (χ2n) is 2.88. The molecule has 0 N–H and O–H groups in total. The van der Waals surface area contributed by atoms with Gasteiger partial charge in [-0.3, -0.25) is 4.98 Å². The normalized spacial score (nSPS) is 8.57. The molecule has 4 nitrogen and oxygen atoms in total. The maximum atomic E-state index is 8.12. The summed E-state index contributed by atoms with van der Waals surface area (Å²) in [6.07, 6.45) is 2.24. The molecule has 0 aromatic carbocycles. The van der Waals surface area contributed by atoms with E-state index >= 15 is 0 Å². The summed E-state index contributed by atoms with van der Waals surface area (Å²) < 4.78 is 5.46. The van der Waals surface area contributed by atoms with Crippen molar-refractivity contribution in [3.63, 3.8) is 0 Å². The molecule has 4 heteroatoms. The monoisotopic (exact) mass is 195 g/mol. The minimum absolute atomic E-state index is 0.233. The molecular weight excluding hydrogens is 182 g/mol. The third-order valence-corrected chi connectivity index (χ3v) is 1.24. The lowest BCUT2D eigenvalue weighted by Crippen LogP contribution is -2.05. The summed E-state index contributed by atoms with van der Waals surface area (Å²) in [5, 5.41) is 0. The molecule has 0 radical (unpaired) electrons. The van der Waals surface area contributed by atoms with Crippen molar-refractivity contribution in [1.29, 1.82) is 0 Å².